The van der Waals surface area contributed by atoms with Crippen molar-refractivity contribution in [3.63, 3.8) is 0 Å². The molecule has 0 N–H and O–H groups in total. The highest BCUT2D eigenvalue weighted by Gasteiger charge is 2.33. The van der Waals surface area contributed by atoms with E-state index in [2.05, 4.69) is 27.7 Å². The minimum absolute atomic E-state index is 0.542. The molecule has 0 saturated heterocycles. The van der Waals surface area contributed by atoms with E-state index >= 15 is 0 Å². The van der Waals surface area contributed by atoms with Gasteiger partial charge in [-0.05, 0) is 30.8 Å². The largest absolute Gasteiger partial charge is 0.394 e. The maximum absolute atomic E-state index is 6.34. The summed E-state index contributed by atoms with van der Waals surface area (Å²) in [6, 6.07) is 2.11. The molecule has 1 unspecified atom stereocenters. The Balaban J connectivity index is 3.75. The van der Waals surface area contributed by atoms with Gasteiger partial charge in [0.15, 0.2) is 0 Å². The lowest BCUT2D eigenvalue weighted by Crippen LogP contribution is -2.42. The van der Waals surface area contributed by atoms with Crippen LogP contribution in [-0.2, 0) is 13.6 Å². The first-order valence-electron chi connectivity index (χ1n) is 11.4. The van der Waals surface area contributed by atoms with Gasteiger partial charge in [0.2, 0.25) is 0 Å². The zero-order valence-electron chi connectivity index (χ0n) is 18.6. The van der Waals surface area contributed by atoms with Crippen molar-refractivity contribution >= 4 is 8.56 Å². The molecule has 0 aromatic rings. The third-order valence-electron chi connectivity index (χ3n) is 5.39. The molecule has 0 amide bonds. The summed E-state index contributed by atoms with van der Waals surface area (Å²) < 4.78 is 17.8. The van der Waals surface area contributed by atoms with Crippen LogP contribution in [0.15, 0.2) is 0 Å². The SMILES string of the molecule is CCCCCCCCCCCCO[Si](CC)(CC)OCC(C)CCOC. The molecular weight excluding hydrogens is 340 g/mol. The van der Waals surface area contributed by atoms with Gasteiger partial charge in [0.05, 0.1) is 0 Å². The standard InChI is InChI=1S/C22H48O3Si/c1-6-9-10-11-12-13-14-15-16-17-19-24-26(7-2,8-3)25-21-22(4)18-20-23-5/h22H,6-21H2,1-5H3. The summed E-state index contributed by atoms with van der Waals surface area (Å²) in [5.74, 6) is 0.542. The van der Waals surface area contributed by atoms with Crippen LogP contribution in [-0.4, -0.2) is 35.5 Å². The molecule has 0 aliphatic carbocycles. The summed E-state index contributed by atoms with van der Waals surface area (Å²) in [4.78, 5) is 0. The van der Waals surface area contributed by atoms with Gasteiger partial charge >= 0.3 is 8.56 Å². The first-order chi connectivity index (χ1) is 12.6. The normalized spacial score (nSPS) is 13.3. The summed E-state index contributed by atoms with van der Waals surface area (Å²) >= 11 is 0. The fraction of sp³-hybridized carbons (Fsp3) is 1.00. The van der Waals surface area contributed by atoms with Crippen molar-refractivity contribution in [1.29, 1.82) is 0 Å². The van der Waals surface area contributed by atoms with E-state index < -0.39 is 8.56 Å². The molecule has 0 radical (unpaired) electrons. The van der Waals surface area contributed by atoms with E-state index in [1.807, 2.05) is 0 Å². The lowest BCUT2D eigenvalue weighted by molar-refractivity contribution is 0.125. The molecule has 0 aromatic carbocycles. The Morgan fingerprint density at radius 3 is 1.73 bits per heavy atom. The number of rotatable bonds is 20. The molecule has 0 aromatic heterocycles. The van der Waals surface area contributed by atoms with E-state index in [0.717, 1.165) is 38.3 Å². The van der Waals surface area contributed by atoms with Crippen LogP contribution in [0.3, 0.4) is 0 Å². The van der Waals surface area contributed by atoms with Crippen LogP contribution in [0.1, 0.15) is 98.3 Å². The molecule has 0 aliphatic rings. The molecule has 26 heavy (non-hydrogen) atoms. The molecule has 0 spiro atoms. The molecule has 0 heterocycles. The smallest absolute Gasteiger partial charge is 0.337 e. The van der Waals surface area contributed by atoms with E-state index in [-0.39, 0.29) is 0 Å². The van der Waals surface area contributed by atoms with Crippen molar-refractivity contribution in [1.82, 2.24) is 0 Å². The predicted molar refractivity (Wildman–Crippen MR) is 116 cm³/mol. The number of unbranched alkanes of at least 4 members (excludes halogenated alkanes) is 9. The molecule has 0 aliphatic heterocycles. The van der Waals surface area contributed by atoms with E-state index in [9.17, 15) is 0 Å². The monoisotopic (exact) mass is 388 g/mol. The molecule has 1 atom stereocenters. The molecule has 158 valence electrons. The maximum atomic E-state index is 6.34. The Morgan fingerprint density at radius 1 is 0.692 bits per heavy atom. The van der Waals surface area contributed by atoms with Gasteiger partial charge in [-0.2, -0.15) is 0 Å². The summed E-state index contributed by atoms with van der Waals surface area (Å²) in [5, 5.41) is 0. The van der Waals surface area contributed by atoms with Gasteiger partial charge in [-0.15, -0.1) is 0 Å². The molecular formula is C22H48O3Si. The second kappa shape index (κ2) is 18.5. The van der Waals surface area contributed by atoms with Gasteiger partial charge < -0.3 is 13.6 Å². The summed E-state index contributed by atoms with van der Waals surface area (Å²) in [6.45, 7) is 11.5. The van der Waals surface area contributed by atoms with Crippen LogP contribution < -0.4 is 0 Å². The van der Waals surface area contributed by atoms with Crippen molar-refractivity contribution in [2.45, 2.75) is 110 Å². The lowest BCUT2D eigenvalue weighted by Gasteiger charge is -2.30. The Morgan fingerprint density at radius 2 is 1.23 bits per heavy atom. The number of methoxy groups -OCH3 is 1. The van der Waals surface area contributed by atoms with Gasteiger partial charge in [0, 0.05) is 26.9 Å². The van der Waals surface area contributed by atoms with Crippen molar-refractivity contribution in [3.05, 3.63) is 0 Å². The van der Waals surface area contributed by atoms with E-state index in [0.29, 0.717) is 5.92 Å². The van der Waals surface area contributed by atoms with Crippen molar-refractivity contribution in [2.75, 3.05) is 26.9 Å². The van der Waals surface area contributed by atoms with Gasteiger partial charge in [0.1, 0.15) is 0 Å². The molecule has 0 saturated carbocycles. The van der Waals surface area contributed by atoms with Gasteiger partial charge in [-0.1, -0.05) is 85.5 Å². The van der Waals surface area contributed by atoms with E-state index in [1.54, 1.807) is 7.11 Å². The lowest BCUT2D eigenvalue weighted by atomic mass is 10.1. The zero-order valence-corrected chi connectivity index (χ0v) is 19.6. The van der Waals surface area contributed by atoms with Crippen LogP contribution in [0.4, 0.5) is 0 Å². The maximum Gasteiger partial charge on any atom is 0.337 e. The third kappa shape index (κ3) is 14.2. The van der Waals surface area contributed by atoms with Gasteiger partial charge in [-0.25, -0.2) is 0 Å². The highest BCUT2D eigenvalue weighted by Crippen LogP contribution is 2.21. The van der Waals surface area contributed by atoms with E-state index in [4.69, 9.17) is 13.6 Å². The van der Waals surface area contributed by atoms with Gasteiger partial charge in [0.25, 0.3) is 0 Å². The Bertz CT molecular complexity index is 283. The number of ether oxygens (including phenoxy) is 1. The summed E-state index contributed by atoms with van der Waals surface area (Å²) in [7, 11) is -0.216. The summed E-state index contributed by atoms with van der Waals surface area (Å²) in [6.07, 6.45) is 14.7. The Labute approximate surface area is 165 Å². The molecule has 4 heteroatoms. The average Bonchev–Trinajstić information content (AvgIpc) is 2.67. The molecule has 0 fully saturated rings. The van der Waals surface area contributed by atoms with Crippen LogP contribution in [0.25, 0.3) is 0 Å². The fourth-order valence-corrected chi connectivity index (χ4v) is 5.75. The zero-order chi connectivity index (χ0) is 19.5. The molecule has 0 bridgehead atoms. The number of hydrogen-bond acceptors (Lipinski definition) is 3. The van der Waals surface area contributed by atoms with Crippen molar-refractivity contribution in [2.24, 2.45) is 5.92 Å². The Kier molecular flexibility index (Phi) is 18.5. The summed E-state index contributed by atoms with van der Waals surface area (Å²) in [5.41, 5.74) is 0. The first kappa shape index (κ1) is 26.1. The third-order valence-corrected chi connectivity index (χ3v) is 8.96. The van der Waals surface area contributed by atoms with Crippen molar-refractivity contribution < 1.29 is 13.6 Å². The molecule has 0 rings (SSSR count). The fourth-order valence-electron chi connectivity index (χ4n) is 3.24. The second-order valence-electron chi connectivity index (χ2n) is 7.85. The van der Waals surface area contributed by atoms with E-state index in [1.165, 1.54) is 64.2 Å². The molecule has 3 nitrogen and oxygen atoms in total. The number of hydrogen-bond donors (Lipinski definition) is 0. The van der Waals surface area contributed by atoms with Crippen LogP contribution in [0.2, 0.25) is 12.1 Å². The van der Waals surface area contributed by atoms with Crippen LogP contribution in [0.5, 0.6) is 0 Å². The second-order valence-corrected chi connectivity index (χ2v) is 11.7. The average molecular weight is 389 g/mol. The first-order valence-corrected chi connectivity index (χ1v) is 13.6. The quantitative estimate of drug-likeness (QED) is 0.164. The minimum atomic E-state index is -1.98. The topological polar surface area (TPSA) is 27.7 Å². The predicted octanol–water partition coefficient (Wildman–Crippen LogP) is 7.10. The van der Waals surface area contributed by atoms with Gasteiger partial charge in [-0.3, -0.25) is 0 Å². The Hall–Kier alpha value is 0.0969. The highest BCUT2D eigenvalue weighted by atomic mass is 28.4. The van der Waals surface area contributed by atoms with Crippen molar-refractivity contribution in [3.8, 4) is 0 Å². The minimum Gasteiger partial charge on any atom is -0.394 e. The van der Waals surface area contributed by atoms with Crippen LogP contribution in [0, 0.1) is 5.92 Å². The van der Waals surface area contributed by atoms with Crippen LogP contribution >= 0.6 is 0 Å². The highest BCUT2D eigenvalue weighted by molar-refractivity contribution is 6.67.